The monoisotopic (exact) mass is 530 g/mol. The third kappa shape index (κ3) is 3.31. The van der Waals surface area contributed by atoms with Gasteiger partial charge in [0, 0.05) is 48.2 Å². The lowest BCUT2D eigenvalue weighted by atomic mass is 9.91. The predicted octanol–water partition coefficient (Wildman–Crippen LogP) is 5.10. The first-order valence-corrected chi connectivity index (χ1v) is 13.4. The maximum Gasteiger partial charge on any atom is 0.202 e. The number of anilines is 1. The number of hydrogen-bond donors (Lipinski definition) is 2. The quantitative estimate of drug-likeness (QED) is 0.328. The summed E-state index contributed by atoms with van der Waals surface area (Å²) in [5.74, 6) is 1.26. The van der Waals surface area contributed by atoms with Gasteiger partial charge >= 0.3 is 0 Å². The molecule has 0 radical (unpaired) electrons. The Morgan fingerprint density at radius 2 is 2.05 bits per heavy atom. The lowest BCUT2D eigenvalue weighted by Gasteiger charge is -2.26. The number of fused-ring (bicyclic) bond motifs is 3. The summed E-state index contributed by atoms with van der Waals surface area (Å²) in [7, 11) is 0. The lowest BCUT2D eigenvalue weighted by molar-refractivity contribution is 0.533. The minimum absolute atomic E-state index is 0.169. The molecule has 2 aliphatic rings. The van der Waals surface area contributed by atoms with Crippen molar-refractivity contribution in [1.29, 1.82) is 0 Å². The van der Waals surface area contributed by atoms with Crippen LogP contribution in [0.2, 0.25) is 5.02 Å². The molecular weight excluding hydrogens is 503 g/mol. The van der Waals surface area contributed by atoms with Crippen LogP contribution >= 0.6 is 11.6 Å². The highest BCUT2D eigenvalue weighted by Gasteiger charge is 2.66. The number of benzene rings is 2. The molecule has 1 aliphatic heterocycles. The van der Waals surface area contributed by atoms with Crippen LogP contribution in [0.25, 0.3) is 33.3 Å². The average molecular weight is 531 g/mol. The third-order valence-electron chi connectivity index (χ3n) is 8.56. The van der Waals surface area contributed by atoms with Crippen molar-refractivity contribution in [3.63, 3.8) is 0 Å². The first-order valence-electron chi connectivity index (χ1n) is 13.0. The molecule has 1 saturated carbocycles. The van der Waals surface area contributed by atoms with Gasteiger partial charge in [-0.2, -0.15) is 10.2 Å². The molecule has 7 rings (SSSR count). The molecule has 0 bridgehead atoms. The van der Waals surface area contributed by atoms with Gasteiger partial charge in [0.25, 0.3) is 0 Å². The van der Waals surface area contributed by atoms with E-state index in [1.807, 2.05) is 35.1 Å². The molecule has 0 unspecified atom stereocenters. The van der Waals surface area contributed by atoms with Gasteiger partial charge in [-0.1, -0.05) is 29.8 Å². The van der Waals surface area contributed by atoms with Crippen molar-refractivity contribution in [3.05, 3.63) is 65.2 Å². The van der Waals surface area contributed by atoms with Crippen LogP contribution in [0, 0.1) is 17.7 Å². The molecule has 1 saturated heterocycles. The second-order valence-corrected chi connectivity index (χ2v) is 11.1. The summed E-state index contributed by atoms with van der Waals surface area (Å²) in [6, 6.07) is 11.2. The van der Waals surface area contributed by atoms with Crippen molar-refractivity contribution in [1.82, 2.24) is 29.9 Å². The van der Waals surface area contributed by atoms with Gasteiger partial charge in [-0.05, 0) is 55.9 Å². The van der Waals surface area contributed by atoms with Crippen molar-refractivity contribution in [2.24, 2.45) is 17.6 Å². The molecule has 3 atom stereocenters. The Hall–Kier alpha value is -3.56. The molecule has 194 valence electrons. The standard InChI is InChI=1S/C28H28ClFN8/c1-15(2)38-12-17-22(36-38)8-7-16(24(17)29)25-26-27(35-34-25)33-23(11-32-26)37-10-9-18-20(13-37)28(18,14-31)19-5-3-4-6-21(19)30/h3-8,11-12,15,18,20H,9-10,13-14,31H2,1-2H3,(H,33,34,35)/t18-,20+,28-/m1/s1. The van der Waals surface area contributed by atoms with Crippen LogP contribution in [0.4, 0.5) is 10.2 Å². The van der Waals surface area contributed by atoms with Crippen LogP contribution in [0.3, 0.4) is 0 Å². The number of hydrogen-bond acceptors (Lipinski definition) is 6. The summed E-state index contributed by atoms with van der Waals surface area (Å²) in [4.78, 5) is 11.8. The normalized spacial score (nSPS) is 22.9. The molecule has 0 amide bonds. The lowest BCUT2D eigenvalue weighted by Crippen LogP contribution is -2.32. The fourth-order valence-electron chi connectivity index (χ4n) is 6.50. The van der Waals surface area contributed by atoms with Gasteiger partial charge < -0.3 is 10.6 Å². The number of nitrogens with zero attached hydrogens (tertiary/aromatic N) is 6. The summed E-state index contributed by atoms with van der Waals surface area (Å²) >= 11 is 6.83. The van der Waals surface area contributed by atoms with Gasteiger partial charge in [-0.15, -0.1) is 0 Å². The molecule has 8 nitrogen and oxygen atoms in total. The van der Waals surface area contributed by atoms with Crippen molar-refractivity contribution >= 4 is 39.5 Å². The minimum Gasteiger partial charge on any atom is -0.355 e. The third-order valence-corrected chi connectivity index (χ3v) is 8.96. The van der Waals surface area contributed by atoms with E-state index in [9.17, 15) is 4.39 Å². The van der Waals surface area contributed by atoms with Crippen LogP contribution in [0.15, 0.2) is 48.8 Å². The Bertz CT molecular complexity index is 1690. The number of rotatable bonds is 5. The van der Waals surface area contributed by atoms with Crippen molar-refractivity contribution < 1.29 is 4.39 Å². The van der Waals surface area contributed by atoms with Crippen molar-refractivity contribution in [2.45, 2.75) is 31.7 Å². The second kappa shape index (κ2) is 8.47. The Kier molecular flexibility index (Phi) is 5.25. The number of nitrogens with one attached hydrogen (secondary N) is 1. The predicted molar refractivity (Wildman–Crippen MR) is 147 cm³/mol. The first-order chi connectivity index (χ1) is 18.4. The molecule has 38 heavy (non-hydrogen) atoms. The molecular formula is C28H28ClFN8. The second-order valence-electron chi connectivity index (χ2n) is 10.7. The van der Waals surface area contributed by atoms with E-state index in [0.717, 1.165) is 53.1 Å². The van der Waals surface area contributed by atoms with E-state index in [1.54, 1.807) is 12.3 Å². The summed E-state index contributed by atoms with van der Waals surface area (Å²) in [6.07, 6.45) is 4.69. The maximum atomic E-state index is 14.7. The van der Waals surface area contributed by atoms with E-state index in [0.29, 0.717) is 28.6 Å². The Morgan fingerprint density at radius 3 is 2.84 bits per heavy atom. The highest BCUT2D eigenvalue weighted by Crippen LogP contribution is 2.63. The molecule has 4 heterocycles. The zero-order valence-corrected chi connectivity index (χ0v) is 22.0. The Balaban J connectivity index is 1.19. The summed E-state index contributed by atoms with van der Waals surface area (Å²) in [6.45, 7) is 6.18. The molecule has 3 aromatic heterocycles. The van der Waals surface area contributed by atoms with Gasteiger partial charge in [-0.3, -0.25) is 9.78 Å². The molecule has 2 fully saturated rings. The zero-order valence-electron chi connectivity index (χ0n) is 21.2. The minimum atomic E-state index is -0.310. The Labute approximate surface area is 224 Å². The van der Waals surface area contributed by atoms with Crippen molar-refractivity contribution in [2.75, 3.05) is 24.5 Å². The Morgan fingerprint density at radius 1 is 1.21 bits per heavy atom. The molecule has 2 aromatic carbocycles. The largest absolute Gasteiger partial charge is 0.355 e. The highest BCUT2D eigenvalue weighted by atomic mass is 35.5. The molecule has 0 spiro atoms. The van der Waals surface area contributed by atoms with E-state index in [2.05, 4.69) is 34.0 Å². The molecule has 5 aromatic rings. The van der Waals surface area contributed by atoms with Crippen LogP contribution in [0.5, 0.6) is 0 Å². The smallest absolute Gasteiger partial charge is 0.202 e. The summed E-state index contributed by atoms with van der Waals surface area (Å²) < 4.78 is 16.6. The number of halogens is 2. The van der Waals surface area contributed by atoms with Crippen LogP contribution in [-0.4, -0.2) is 49.6 Å². The first kappa shape index (κ1) is 23.5. The van der Waals surface area contributed by atoms with Gasteiger partial charge in [0.2, 0.25) is 5.65 Å². The SMILES string of the molecule is CC(C)n1cc2c(Cl)c(-c3[nH]nc4nc(N5CC[C@@H]6[C@H](C5)[C@@]6(CN)c5ccccc5F)cnc34)ccc2n1. The highest BCUT2D eigenvalue weighted by molar-refractivity contribution is 6.38. The topological polar surface area (TPSA) is 102 Å². The van der Waals surface area contributed by atoms with Gasteiger partial charge in [0.15, 0.2) is 0 Å². The number of aromatic nitrogens is 6. The number of aromatic amines is 1. The van der Waals surface area contributed by atoms with Crippen molar-refractivity contribution in [3.8, 4) is 11.3 Å². The van der Waals surface area contributed by atoms with E-state index < -0.39 is 0 Å². The maximum absolute atomic E-state index is 14.7. The van der Waals surface area contributed by atoms with E-state index >= 15 is 0 Å². The van der Waals surface area contributed by atoms with Gasteiger partial charge in [0.1, 0.15) is 17.2 Å². The van der Waals surface area contributed by atoms with E-state index in [4.69, 9.17) is 27.3 Å². The van der Waals surface area contributed by atoms with E-state index in [-0.39, 0.29) is 23.2 Å². The van der Waals surface area contributed by atoms with Crippen LogP contribution < -0.4 is 10.6 Å². The summed E-state index contributed by atoms with van der Waals surface area (Å²) in [5, 5.41) is 13.7. The van der Waals surface area contributed by atoms with E-state index in [1.165, 1.54) is 6.07 Å². The average Bonchev–Trinajstić information content (AvgIpc) is 3.20. The van der Waals surface area contributed by atoms with Crippen LogP contribution in [0.1, 0.15) is 31.9 Å². The fraction of sp³-hybridized carbons (Fsp3) is 0.357. The van der Waals surface area contributed by atoms with Gasteiger partial charge in [-0.25, -0.2) is 14.4 Å². The number of piperidine rings is 1. The molecule has 1 aliphatic carbocycles. The van der Waals surface area contributed by atoms with Crippen LogP contribution in [-0.2, 0) is 5.41 Å². The van der Waals surface area contributed by atoms with Gasteiger partial charge in [0.05, 0.1) is 22.4 Å². The molecule has 10 heteroatoms. The zero-order chi connectivity index (χ0) is 26.2. The fourth-order valence-corrected chi connectivity index (χ4v) is 6.80. The number of H-pyrrole nitrogens is 1. The summed E-state index contributed by atoms with van der Waals surface area (Å²) in [5.41, 5.74) is 10.3. The number of nitrogens with two attached hydrogens (primary N) is 1. The molecule has 3 N–H and O–H groups in total.